The molecule has 0 saturated carbocycles. The van der Waals surface area contributed by atoms with Crippen molar-refractivity contribution in [3.05, 3.63) is 74.7 Å². The fourth-order valence-corrected chi connectivity index (χ4v) is 4.06. The predicted octanol–water partition coefficient (Wildman–Crippen LogP) is 5.35. The molecular formula is C24H26ClN3O3S. The van der Waals surface area contributed by atoms with E-state index in [9.17, 15) is 9.59 Å². The third-order valence-electron chi connectivity index (χ3n) is 4.86. The van der Waals surface area contributed by atoms with Gasteiger partial charge in [0.15, 0.2) is 0 Å². The molecule has 0 radical (unpaired) electrons. The van der Waals surface area contributed by atoms with Gasteiger partial charge in [-0.05, 0) is 51.1 Å². The van der Waals surface area contributed by atoms with Crippen LogP contribution in [0.2, 0.25) is 5.02 Å². The van der Waals surface area contributed by atoms with E-state index in [1.54, 1.807) is 23.1 Å². The molecule has 1 heterocycles. The van der Waals surface area contributed by atoms with Gasteiger partial charge in [0, 0.05) is 24.2 Å². The van der Waals surface area contributed by atoms with Crippen LogP contribution in [0.3, 0.4) is 0 Å². The molecule has 8 heteroatoms. The number of ether oxygens (including phenoxy) is 1. The van der Waals surface area contributed by atoms with Crippen LogP contribution in [0.4, 0.5) is 5.69 Å². The number of carbonyl (C=O) groups excluding carboxylic acids is 2. The summed E-state index contributed by atoms with van der Waals surface area (Å²) >= 11 is 7.76. The summed E-state index contributed by atoms with van der Waals surface area (Å²) in [5, 5.41) is 5.78. The first-order valence-electron chi connectivity index (χ1n) is 10.4. The van der Waals surface area contributed by atoms with Crippen LogP contribution < -0.4 is 10.1 Å². The quantitative estimate of drug-likeness (QED) is 0.456. The van der Waals surface area contributed by atoms with Crippen molar-refractivity contribution >= 4 is 40.4 Å². The van der Waals surface area contributed by atoms with Crippen molar-refractivity contribution in [1.82, 2.24) is 9.88 Å². The maximum atomic E-state index is 12.5. The van der Waals surface area contributed by atoms with Crippen molar-refractivity contribution in [2.45, 2.75) is 33.8 Å². The van der Waals surface area contributed by atoms with Gasteiger partial charge in [0.1, 0.15) is 17.4 Å². The van der Waals surface area contributed by atoms with Gasteiger partial charge in [-0.3, -0.25) is 9.59 Å². The standard InChI is InChI=1S/C24H26ClN3O3S/c1-4-28(5-2)24(30)20-11-8-17(12-21(20)25)26-22(29)13-18-15-32-23(27-18)14-31-19-9-6-16(3)7-10-19/h6-12,15H,4-5,13-14H2,1-3H3,(H,26,29). The number of rotatable bonds is 9. The van der Waals surface area contributed by atoms with Gasteiger partial charge in [-0.25, -0.2) is 4.98 Å². The molecule has 0 spiro atoms. The largest absolute Gasteiger partial charge is 0.486 e. The van der Waals surface area contributed by atoms with Gasteiger partial charge < -0.3 is 15.0 Å². The van der Waals surface area contributed by atoms with Crippen LogP contribution >= 0.6 is 22.9 Å². The Hall–Kier alpha value is -2.90. The van der Waals surface area contributed by atoms with Crippen LogP contribution in [-0.4, -0.2) is 34.8 Å². The van der Waals surface area contributed by atoms with E-state index in [-0.39, 0.29) is 18.2 Å². The van der Waals surface area contributed by atoms with Crippen LogP contribution in [0.1, 0.15) is 40.5 Å². The Morgan fingerprint density at radius 2 is 1.84 bits per heavy atom. The minimum atomic E-state index is -0.208. The van der Waals surface area contributed by atoms with Crippen LogP contribution in [0.25, 0.3) is 0 Å². The van der Waals surface area contributed by atoms with Crippen molar-refractivity contribution in [3.8, 4) is 5.75 Å². The maximum Gasteiger partial charge on any atom is 0.255 e. The number of halogens is 1. The second kappa shape index (κ2) is 11.1. The third-order valence-corrected chi connectivity index (χ3v) is 6.04. The van der Waals surface area contributed by atoms with Gasteiger partial charge in [-0.15, -0.1) is 11.3 Å². The van der Waals surface area contributed by atoms with Crippen molar-refractivity contribution in [1.29, 1.82) is 0 Å². The monoisotopic (exact) mass is 471 g/mol. The van der Waals surface area contributed by atoms with Crippen LogP contribution in [0.15, 0.2) is 47.8 Å². The molecule has 3 aromatic rings. The zero-order valence-corrected chi connectivity index (χ0v) is 19.9. The van der Waals surface area contributed by atoms with E-state index < -0.39 is 0 Å². The molecule has 32 heavy (non-hydrogen) atoms. The van der Waals surface area contributed by atoms with Crippen LogP contribution in [-0.2, 0) is 17.8 Å². The Labute approximate surface area is 197 Å². The Morgan fingerprint density at radius 3 is 2.50 bits per heavy atom. The topological polar surface area (TPSA) is 71.5 Å². The Morgan fingerprint density at radius 1 is 1.12 bits per heavy atom. The van der Waals surface area contributed by atoms with E-state index in [1.807, 2.05) is 50.4 Å². The molecule has 0 fully saturated rings. The van der Waals surface area contributed by atoms with Crippen LogP contribution in [0.5, 0.6) is 5.75 Å². The van der Waals surface area contributed by atoms with E-state index in [0.29, 0.717) is 41.7 Å². The number of amides is 2. The molecule has 3 rings (SSSR count). The first-order chi connectivity index (χ1) is 15.4. The predicted molar refractivity (Wildman–Crippen MR) is 129 cm³/mol. The number of benzene rings is 2. The Bertz CT molecular complexity index is 1080. The van der Waals surface area contributed by atoms with E-state index >= 15 is 0 Å². The molecule has 1 aromatic heterocycles. The van der Waals surface area contributed by atoms with Gasteiger partial charge in [0.2, 0.25) is 5.91 Å². The Balaban J connectivity index is 1.55. The molecule has 0 aliphatic carbocycles. The molecule has 1 N–H and O–H groups in total. The number of nitrogens with one attached hydrogen (secondary N) is 1. The van der Waals surface area contributed by atoms with Crippen LogP contribution in [0, 0.1) is 6.92 Å². The zero-order chi connectivity index (χ0) is 23.1. The molecule has 0 bridgehead atoms. The molecule has 0 aliphatic heterocycles. The Kier molecular flexibility index (Phi) is 8.25. The summed E-state index contributed by atoms with van der Waals surface area (Å²) in [4.78, 5) is 31.1. The number of nitrogens with zero attached hydrogens (tertiary/aromatic N) is 2. The highest BCUT2D eigenvalue weighted by Crippen LogP contribution is 2.23. The molecule has 0 aliphatic rings. The van der Waals surface area contributed by atoms with E-state index in [2.05, 4.69) is 10.3 Å². The summed E-state index contributed by atoms with van der Waals surface area (Å²) in [6, 6.07) is 12.7. The van der Waals surface area contributed by atoms with E-state index in [1.165, 1.54) is 16.9 Å². The van der Waals surface area contributed by atoms with Gasteiger partial charge in [-0.2, -0.15) is 0 Å². The lowest BCUT2D eigenvalue weighted by molar-refractivity contribution is -0.115. The smallest absolute Gasteiger partial charge is 0.255 e. The fourth-order valence-electron chi connectivity index (χ4n) is 3.09. The minimum absolute atomic E-state index is 0.124. The maximum absolute atomic E-state index is 12.5. The first kappa shape index (κ1) is 23.8. The summed E-state index contributed by atoms with van der Waals surface area (Å²) in [6.45, 7) is 7.43. The highest BCUT2D eigenvalue weighted by atomic mass is 35.5. The lowest BCUT2D eigenvalue weighted by Gasteiger charge is -2.19. The fraction of sp³-hybridized carbons (Fsp3) is 0.292. The third kappa shape index (κ3) is 6.31. The summed E-state index contributed by atoms with van der Waals surface area (Å²) in [7, 11) is 0. The average Bonchev–Trinajstić information content (AvgIpc) is 3.21. The summed E-state index contributed by atoms with van der Waals surface area (Å²) in [5.74, 6) is 0.450. The molecule has 0 atom stereocenters. The number of anilines is 1. The number of thiazole rings is 1. The number of aryl methyl sites for hydroxylation is 1. The zero-order valence-electron chi connectivity index (χ0n) is 18.4. The summed E-state index contributed by atoms with van der Waals surface area (Å²) < 4.78 is 5.74. The molecule has 6 nitrogen and oxygen atoms in total. The summed E-state index contributed by atoms with van der Waals surface area (Å²) in [5.41, 5.74) is 2.81. The number of hydrogen-bond donors (Lipinski definition) is 1. The highest BCUT2D eigenvalue weighted by molar-refractivity contribution is 7.09. The SMILES string of the molecule is CCN(CC)C(=O)c1ccc(NC(=O)Cc2csc(COc3ccc(C)cc3)n2)cc1Cl. The molecule has 0 unspecified atom stereocenters. The highest BCUT2D eigenvalue weighted by Gasteiger charge is 2.17. The van der Waals surface area contributed by atoms with Crippen molar-refractivity contribution < 1.29 is 14.3 Å². The lowest BCUT2D eigenvalue weighted by atomic mass is 10.1. The normalized spacial score (nSPS) is 10.6. The van der Waals surface area contributed by atoms with E-state index in [4.69, 9.17) is 16.3 Å². The number of carbonyl (C=O) groups is 2. The van der Waals surface area contributed by atoms with Gasteiger partial charge in [0.05, 0.1) is 22.7 Å². The van der Waals surface area contributed by atoms with E-state index in [0.717, 1.165) is 10.8 Å². The van der Waals surface area contributed by atoms with Crippen molar-refractivity contribution in [3.63, 3.8) is 0 Å². The minimum Gasteiger partial charge on any atom is -0.486 e. The first-order valence-corrected chi connectivity index (χ1v) is 11.7. The summed E-state index contributed by atoms with van der Waals surface area (Å²) in [6.07, 6.45) is 0.138. The number of hydrogen-bond acceptors (Lipinski definition) is 5. The molecule has 2 amide bonds. The molecular weight excluding hydrogens is 446 g/mol. The lowest BCUT2D eigenvalue weighted by Crippen LogP contribution is -2.30. The second-order valence-electron chi connectivity index (χ2n) is 7.23. The average molecular weight is 472 g/mol. The second-order valence-corrected chi connectivity index (χ2v) is 8.58. The van der Waals surface area contributed by atoms with Gasteiger partial charge >= 0.3 is 0 Å². The molecule has 168 valence electrons. The van der Waals surface area contributed by atoms with Gasteiger partial charge in [-0.1, -0.05) is 29.3 Å². The van der Waals surface area contributed by atoms with Crippen molar-refractivity contribution in [2.75, 3.05) is 18.4 Å². The number of aromatic nitrogens is 1. The molecule has 0 saturated heterocycles. The van der Waals surface area contributed by atoms with Crippen molar-refractivity contribution in [2.24, 2.45) is 0 Å². The molecule has 2 aromatic carbocycles. The van der Waals surface area contributed by atoms with Gasteiger partial charge in [0.25, 0.3) is 5.91 Å².